The van der Waals surface area contributed by atoms with Crippen molar-refractivity contribution in [1.29, 1.82) is 0 Å². The van der Waals surface area contributed by atoms with Crippen LogP contribution in [0.25, 0.3) is 0 Å². The summed E-state index contributed by atoms with van der Waals surface area (Å²) in [6, 6.07) is 0. The predicted octanol–water partition coefficient (Wildman–Crippen LogP) is 3.20. The zero-order chi connectivity index (χ0) is 10.3. The van der Waals surface area contributed by atoms with E-state index in [0.717, 1.165) is 12.8 Å². The van der Waals surface area contributed by atoms with E-state index in [9.17, 15) is 13.2 Å². The van der Waals surface area contributed by atoms with Gasteiger partial charge in [0.15, 0.2) is 5.69 Å². The molecule has 0 bridgehead atoms. The Balaban J connectivity index is 2.41. The van der Waals surface area contributed by atoms with E-state index >= 15 is 0 Å². The first kappa shape index (κ1) is 10.0. The van der Waals surface area contributed by atoms with Crippen molar-refractivity contribution in [3.05, 3.63) is 17.0 Å². The van der Waals surface area contributed by atoms with Crippen molar-refractivity contribution in [2.24, 2.45) is 0 Å². The van der Waals surface area contributed by atoms with E-state index in [1.54, 1.807) is 0 Å². The van der Waals surface area contributed by atoms with E-state index < -0.39 is 11.9 Å². The molecule has 1 saturated carbocycles. The molecule has 1 heterocycles. The van der Waals surface area contributed by atoms with E-state index in [2.05, 4.69) is 26.1 Å². The van der Waals surface area contributed by atoms with E-state index in [0.29, 0.717) is 5.69 Å². The number of aromatic amines is 1. The van der Waals surface area contributed by atoms with Gasteiger partial charge in [0, 0.05) is 22.5 Å². The Morgan fingerprint density at radius 1 is 1.43 bits per heavy atom. The quantitative estimate of drug-likeness (QED) is 0.820. The molecule has 2 nitrogen and oxygen atoms in total. The van der Waals surface area contributed by atoms with Gasteiger partial charge in [0.05, 0.1) is 0 Å². The minimum Gasteiger partial charge on any atom is -0.281 e. The third kappa shape index (κ3) is 1.67. The van der Waals surface area contributed by atoms with Gasteiger partial charge in [-0.2, -0.15) is 18.3 Å². The molecule has 14 heavy (non-hydrogen) atoms. The first-order valence-corrected chi connectivity index (χ1v) is 5.36. The Kier molecular flexibility index (Phi) is 2.33. The van der Waals surface area contributed by atoms with Gasteiger partial charge in [-0.1, -0.05) is 15.9 Å². The topological polar surface area (TPSA) is 28.7 Å². The van der Waals surface area contributed by atoms with Gasteiger partial charge in [-0.15, -0.1) is 0 Å². The lowest BCUT2D eigenvalue weighted by Crippen LogP contribution is -2.08. The van der Waals surface area contributed by atoms with Crippen molar-refractivity contribution in [1.82, 2.24) is 10.2 Å². The van der Waals surface area contributed by atoms with E-state index in [4.69, 9.17) is 0 Å². The second-order valence-electron chi connectivity index (χ2n) is 3.37. The van der Waals surface area contributed by atoms with Crippen LogP contribution >= 0.6 is 15.9 Å². The van der Waals surface area contributed by atoms with Gasteiger partial charge in [-0.25, -0.2) is 0 Å². The lowest BCUT2D eigenvalue weighted by molar-refractivity contribution is -0.141. The molecule has 0 atom stereocenters. The summed E-state index contributed by atoms with van der Waals surface area (Å²) in [6.45, 7) is 0. The highest BCUT2D eigenvalue weighted by atomic mass is 79.9. The van der Waals surface area contributed by atoms with E-state index in [-0.39, 0.29) is 16.8 Å². The van der Waals surface area contributed by atoms with Gasteiger partial charge in [0.2, 0.25) is 0 Å². The van der Waals surface area contributed by atoms with Crippen molar-refractivity contribution in [3.8, 4) is 0 Å². The number of alkyl halides is 4. The van der Waals surface area contributed by atoms with Gasteiger partial charge in [0.1, 0.15) is 0 Å². The van der Waals surface area contributed by atoms with Crippen LogP contribution in [0.4, 0.5) is 13.2 Å². The van der Waals surface area contributed by atoms with Gasteiger partial charge in [0.25, 0.3) is 0 Å². The fourth-order valence-electron chi connectivity index (χ4n) is 1.46. The Morgan fingerprint density at radius 2 is 2.07 bits per heavy atom. The lowest BCUT2D eigenvalue weighted by atomic mass is 10.1. The lowest BCUT2D eigenvalue weighted by Gasteiger charge is -2.04. The van der Waals surface area contributed by atoms with Crippen LogP contribution in [0.2, 0.25) is 0 Å². The first-order chi connectivity index (χ1) is 6.54. The van der Waals surface area contributed by atoms with Crippen LogP contribution in [-0.4, -0.2) is 10.2 Å². The maximum Gasteiger partial charge on any atom is 0.435 e. The number of nitrogens with one attached hydrogen (secondary N) is 1. The van der Waals surface area contributed by atoms with E-state index in [1.807, 2.05) is 0 Å². The number of hydrogen-bond acceptors (Lipinski definition) is 1. The number of H-pyrrole nitrogens is 1. The average Bonchev–Trinajstić information content (AvgIpc) is 2.82. The normalized spacial score (nSPS) is 17.4. The molecule has 0 saturated heterocycles. The molecule has 2 rings (SSSR count). The second kappa shape index (κ2) is 3.25. The van der Waals surface area contributed by atoms with Crippen LogP contribution in [0.3, 0.4) is 0 Å². The number of halogens is 4. The second-order valence-corrected chi connectivity index (χ2v) is 3.93. The summed E-state index contributed by atoms with van der Waals surface area (Å²) >= 11 is 3.07. The standard InChI is InChI=1S/C8H8BrF3N2/c9-3-5-6(4-1-2-4)13-14-7(5)8(10,11)12/h4H,1-3H2,(H,13,14). The minimum atomic E-state index is -4.35. The molecule has 1 N–H and O–H groups in total. The Morgan fingerprint density at radius 3 is 2.50 bits per heavy atom. The van der Waals surface area contributed by atoms with Crippen LogP contribution in [0.15, 0.2) is 0 Å². The maximum absolute atomic E-state index is 12.4. The number of aromatic nitrogens is 2. The third-order valence-corrected chi connectivity index (χ3v) is 2.85. The Bertz CT molecular complexity index is 341. The van der Waals surface area contributed by atoms with Crippen molar-refractivity contribution in [2.75, 3.05) is 0 Å². The SMILES string of the molecule is FC(F)(F)c1n[nH]c(C2CC2)c1CBr. The van der Waals surface area contributed by atoms with Crippen LogP contribution in [0.1, 0.15) is 35.7 Å². The summed E-state index contributed by atoms with van der Waals surface area (Å²) in [5.41, 5.74) is 0.130. The molecule has 0 unspecified atom stereocenters. The molecule has 0 aliphatic heterocycles. The van der Waals surface area contributed by atoms with Gasteiger partial charge in [-0.05, 0) is 12.8 Å². The van der Waals surface area contributed by atoms with Crippen molar-refractivity contribution < 1.29 is 13.2 Å². The molecule has 78 valence electrons. The number of hydrogen-bond donors (Lipinski definition) is 1. The molecule has 1 aliphatic rings. The van der Waals surface area contributed by atoms with Crippen molar-refractivity contribution >= 4 is 15.9 Å². The molecule has 1 aliphatic carbocycles. The maximum atomic E-state index is 12.4. The summed E-state index contributed by atoms with van der Waals surface area (Å²) in [4.78, 5) is 0. The molecule has 0 spiro atoms. The fourth-order valence-corrected chi connectivity index (χ4v) is 2.03. The summed E-state index contributed by atoms with van der Waals surface area (Å²) in [5, 5.41) is 6.03. The smallest absolute Gasteiger partial charge is 0.281 e. The molecule has 0 amide bonds. The molecule has 1 fully saturated rings. The number of nitrogens with zero attached hydrogens (tertiary/aromatic N) is 1. The highest BCUT2D eigenvalue weighted by Crippen LogP contribution is 2.44. The highest BCUT2D eigenvalue weighted by molar-refractivity contribution is 9.08. The monoisotopic (exact) mass is 268 g/mol. The van der Waals surface area contributed by atoms with Crippen LogP contribution < -0.4 is 0 Å². The summed E-state index contributed by atoms with van der Waals surface area (Å²) in [6.07, 6.45) is -2.44. The highest BCUT2D eigenvalue weighted by Gasteiger charge is 2.40. The zero-order valence-corrected chi connectivity index (χ0v) is 8.74. The van der Waals surface area contributed by atoms with Crippen LogP contribution in [0.5, 0.6) is 0 Å². The predicted molar refractivity (Wildman–Crippen MR) is 48.2 cm³/mol. The van der Waals surface area contributed by atoms with E-state index in [1.165, 1.54) is 0 Å². The van der Waals surface area contributed by atoms with Crippen LogP contribution in [0, 0.1) is 0 Å². The molecule has 1 aromatic rings. The summed E-state index contributed by atoms with van der Waals surface area (Å²) in [7, 11) is 0. The molecular weight excluding hydrogens is 261 g/mol. The van der Waals surface area contributed by atoms with Crippen LogP contribution in [-0.2, 0) is 11.5 Å². The first-order valence-electron chi connectivity index (χ1n) is 4.24. The number of rotatable bonds is 2. The summed E-state index contributed by atoms with van der Waals surface area (Å²) in [5.74, 6) is 0.256. The Hall–Kier alpha value is -0.520. The minimum absolute atomic E-state index is 0.199. The average molecular weight is 269 g/mol. The van der Waals surface area contributed by atoms with Crippen molar-refractivity contribution in [3.63, 3.8) is 0 Å². The van der Waals surface area contributed by atoms with Crippen molar-refractivity contribution in [2.45, 2.75) is 30.3 Å². The largest absolute Gasteiger partial charge is 0.435 e. The zero-order valence-electron chi connectivity index (χ0n) is 7.16. The van der Waals surface area contributed by atoms with Gasteiger partial charge < -0.3 is 0 Å². The molecular formula is C8H8BrF3N2. The molecule has 0 aromatic carbocycles. The Labute approximate surface area is 87.0 Å². The molecule has 6 heteroatoms. The fraction of sp³-hybridized carbons (Fsp3) is 0.625. The summed E-state index contributed by atoms with van der Waals surface area (Å²) < 4.78 is 37.3. The van der Waals surface area contributed by atoms with Gasteiger partial charge in [-0.3, -0.25) is 5.10 Å². The van der Waals surface area contributed by atoms with Gasteiger partial charge >= 0.3 is 6.18 Å². The molecule has 0 radical (unpaired) electrons. The third-order valence-electron chi connectivity index (χ3n) is 2.29. The molecule has 1 aromatic heterocycles.